The van der Waals surface area contributed by atoms with Crippen LogP contribution in [0.15, 0.2) is 29.2 Å². The molecule has 0 radical (unpaired) electrons. The zero-order valence-corrected chi connectivity index (χ0v) is 14.1. The molecule has 0 spiro atoms. The van der Waals surface area contributed by atoms with Crippen molar-refractivity contribution in [3.05, 3.63) is 34.7 Å². The average Bonchev–Trinajstić information content (AvgIpc) is 2.77. The zero-order chi connectivity index (χ0) is 18.1. The lowest BCUT2D eigenvalue weighted by Crippen LogP contribution is -2.58. The highest BCUT2D eigenvalue weighted by Crippen LogP contribution is 2.33. The van der Waals surface area contributed by atoms with E-state index >= 15 is 0 Å². The number of rotatable bonds is 3. The molecule has 3 rings (SSSR count). The van der Waals surface area contributed by atoms with Gasteiger partial charge in [0.15, 0.2) is 0 Å². The second-order valence-corrected chi connectivity index (χ2v) is 6.92. The van der Waals surface area contributed by atoms with Crippen molar-refractivity contribution in [2.45, 2.75) is 0 Å². The molecule has 1 aromatic rings. The number of hydrogen-bond acceptors (Lipinski definition) is 7. The number of phenols is 1. The quantitative estimate of drug-likeness (QED) is 0.401. The Hall–Kier alpha value is -2.72. The molecule has 25 heavy (non-hydrogen) atoms. The molecular formula is C15H11N3O5S2. The Bertz CT molecular complexity index is 831. The van der Waals surface area contributed by atoms with Crippen LogP contribution in [0, 0.1) is 5.92 Å². The molecule has 5 amide bonds. The van der Waals surface area contributed by atoms with Gasteiger partial charge in [0.1, 0.15) is 16.0 Å². The second kappa shape index (κ2) is 6.65. The number of benzene rings is 1. The topological polar surface area (TPSA) is 116 Å². The summed E-state index contributed by atoms with van der Waals surface area (Å²) in [5.41, 5.74) is 0.610. The Kier molecular flexibility index (Phi) is 4.55. The van der Waals surface area contributed by atoms with E-state index in [0.29, 0.717) is 10.5 Å². The van der Waals surface area contributed by atoms with Crippen LogP contribution in [0.1, 0.15) is 5.56 Å². The molecule has 0 saturated carbocycles. The van der Waals surface area contributed by atoms with Crippen LogP contribution in [0.2, 0.25) is 0 Å². The average molecular weight is 377 g/mol. The Balaban J connectivity index is 1.79. The zero-order valence-electron chi connectivity index (χ0n) is 12.5. The SMILES string of the molecule is O=C1NC(=O)C(CN2C(=O)/C(=C\c3cccc(O)c3)SC2=S)C(=O)N1. The normalized spacial score (nSPS) is 20.2. The minimum Gasteiger partial charge on any atom is -0.508 e. The van der Waals surface area contributed by atoms with E-state index in [1.165, 1.54) is 12.1 Å². The van der Waals surface area contributed by atoms with Gasteiger partial charge in [0.25, 0.3) is 5.91 Å². The first-order valence-corrected chi connectivity index (χ1v) is 8.27. The largest absolute Gasteiger partial charge is 0.508 e. The van der Waals surface area contributed by atoms with Crippen molar-refractivity contribution in [2.24, 2.45) is 5.92 Å². The van der Waals surface area contributed by atoms with Crippen molar-refractivity contribution in [1.82, 2.24) is 15.5 Å². The molecule has 2 heterocycles. The number of nitrogens with zero attached hydrogens (tertiary/aromatic N) is 1. The number of imide groups is 2. The van der Waals surface area contributed by atoms with E-state index in [9.17, 15) is 24.3 Å². The first-order valence-electron chi connectivity index (χ1n) is 7.05. The van der Waals surface area contributed by atoms with Gasteiger partial charge in [-0.05, 0) is 23.8 Å². The standard InChI is InChI=1S/C15H11N3O5S2/c19-8-3-1-2-7(4-8)5-10-13(22)18(15(24)25-10)6-9-11(20)16-14(23)17-12(9)21/h1-5,9,19H,6H2,(H2,16,17,20,21,23)/b10-5+. The molecule has 0 aliphatic carbocycles. The van der Waals surface area contributed by atoms with Crippen LogP contribution in [0.4, 0.5) is 4.79 Å². The molecule has 128 valence electrons. The maximum absolute atomic E-state index is 12.5. The summed E-state index contributed by atoms with van der Waals surface area (Å²) in [4.78, 5) is 48.6. The van der Waals surface area contributed by atoms with Gasteiger partial charge in [-0.1, -0.05) is 36.1 Å². The number of carbonyl (C=O) groups is 4. The van der Waals surface area contributed by atoms with Crippen LogP contribution >= 0.6 is 24.0 Å². The Labute approximate surface area is 151 Å². The number of barbiturate groups is 1. The third-order valence-electron chi connectivity index (χ3n) is 3.51. The van der Waals surface area contributed by atoms with E-state index in [1.807, 2.05) is 10.6 Å². The lowest BCUT2D eigenvalue weighted by Gasteiger charge is -2.24. The maximum atomic E-state index is 12.5. The summed E-state index contributed by atoms with van der Waals surface area (Å²) in [6.45, 7) is -0.257. The van der Waals surface area contributed by atoms with E-state index in [4.69, 9.17) is 12.2 Å². The highest BCUT2D eigenvalue weighted by molar-refractivity contribution is 8.26. The molecule has 2 fully saturated rings. The van der Waals surface area contributed by atoms with Gasteiger partial charge in [-0.25, -0.2) is 4.79 Å². The highest BCUT2D eigenvalue weighted by atomic mass is 32.2. The minimum absolute atomic E-state index is 0.0597. The number of thiocarbonyl (C=S) groups is 1. The van der Waals surface area contributed by atoms with Crippen molar-refractivity contribution >= 4 is 58.1 Å². The van der Waals surface area contributed by atoms with Gasteiger partial charge < -0.3 is 5.11 Å². The first kappa shape index (κ1) is 17.1. The van der Waals surface area contributed by atoms with E-state index in [2.05, 4.69) is 0 Å². The third kappa shape index (κ3) is 3.54. The number of phenolic OH excluding ortho intramolecular Hbond substituents is 1. The Morgan fingerprint density at radius 2 is 1.88 bits per heavy atom. The summed E-state index contributed by atoms with van der Waals surface area (Å²) in [7, 11) is 0. The number of hydrogen-bond donors (Lipinski definition) is 3. The van der Waals surface area contributed by atoms with Crippen molar-refractivity contribution in [2.75, 3.05) is 6.54 Å². The second-order valence-electron chi connectivity index (χ2n) is 5.25. The molecule has 8 nitrogen and oxygen atoms in total. The van der Waals surface area contributed by atoms with Gasteiger partial charge in [-0.2, -0.15) is 0 Å². The van der Waals surface area contributed by atoms with Crippen LogP contribution in [0.25, 0.3) is 6.08 Å². The Morgan fingerprint density at radius 1 is 1.20 bits per heavy atom. The number of thioether (sulfide) groups is 1. The fourth-order valence-electron chi connectivity index (χ4n) is 2.32. The fraction of sp³-hybridized carbons (Fsp3) is 0.133. The van der Waals surface area contributed by atoms with Gasteiger partial charge in [-0.3, -0.25) is 29.9 Å². The summed E-state index contributed by atoms with van der Waals surface area (Å²) >= 11 is 6.18. The van der Waals surface area contributed by atoms with E-state index in [0.717, 1.165) is 16.7 Å². The van der Waals surface area contributed by atoms with Gasteiger partial charge in [0, 0.05) is 6.54 Å². The highest BCUT2D eigenvalue weighted by Gasteiger charge is 2.40. The van der Waals surface area contributed by atoms with E-state index in [1.54, 1.807) is 18.2 Å². The van der Waals surface area contributed by atoms with Gasteiger partial charge >= 0.3 is 6.03 Å². The van der Waals surface area contributed by atoms with Gasteiger partial charge in [-0.15, -0.1) is 0 Å². The number of aromatic hydroxyl groups is 1. The van der Waals surface area contributed by atoms with Gasteiger partial charge in [0.05, 0.1) is 4.91 Å². The lowest BCUT2D eigenvalue weighted by atomic mass is 10.1. The summed E-state index contributed by atoms with van der Waals surface area (Å²) in [6, 6.07) is 5.44. The number of amides is 5. The summed E-state index contributed by atoms with van der Waals surface area (Å²) in [5, 5.41) is 13.4. The van der Waals surface area contributed by atoms with Crippen LogP contribution in [-0.4, -0.2) is 44.6 Å². The van der Waals surface area contributed by atoms with Crippen molar-refractivity contribution < 1.29 is 24.3 Å². The van der Waals surface area contributed by atoms with Crippen LogP contribution < -0.4 is 10.6 Å². The molecule has 0 atom stereocenters. The molecular weight excluding hydrogens is 366 g/mol. The molecule has 0 aromatic heterocycles. The monoisotopic (exact) mass is 377 g/mol. The smallest absolute Gasteiger partial charge is 0.328 e. The molecule has 3 N–H and O–H groups in total. The molecule has 2 saturated heterocycles. The Morgan fingerprint density at radius 3 is 2.52 bits per heavy atom. The molecule has 0 bridgehead atoms. The van der Waals surface area contributed by atoms with Crippen molar-refractivity contribution in [3.63, 3.8) is 0 Å². The summed E-state index contributed by atoms with van der Waals surface area (Å²) < 4.78 is 0.203. The van der Waals surface area contributed by atoms with Crippen LogP contribution in [0.5, 0.6) is 5.75 Å². The van der Waals surface area contributed by atoms with Crippen LogP contribution in [-0.2, 0) is 14.4 Å². The van der Waals surface area contributed by atoms with Crippen molar-refractivity contribution in [1.29, 1.82) is 0 Å². The number of urea groups is 1. The lowest BCUT2D eigenvalue weighted by molar-refractivity contribution is -0.136. The fourth-order valence-corrected chi connectivity index (χ4v) is 3.60. The predicted octanol–water partition coefficient (Wildman–Crippen LogP) is 0.576. The third-order valence-corrected chi connectivity index (χ3v) is 4.89. The molecule has 2 aliphatic heterocycles. The number of carbonyl (C=O) groups excluding carboxylic acids is 4. The summed E-state index contributed by atoms with van der Waals surface area (Å²) in [5.74, 6) is -3.17. The van der Waals surface area contributed by atoms with Crippen LogP contribution in [0.3, 0.4) is 0 Å². The predicted molar refractivity (Wildman–Crippen MR) is 93.2 cm³/mol. The maximum Gasteiger partial charge on any atom is 0.328 e. The van der Waals surface area contributed by atoms with E-state index in [-0.39, 0.29) is 16.6 Å². The summed E-state index contributed by atoms with van der Waals surface area (Å²) in [6.07, 6.45) is 1.56. The first-order chi connectivity index (χ1) is 11.8. The van der Waals surface area contributed by atoms with Gasteiger partial charge in [0.2, 0.25) is 11.8 Å². The molecule has 10 heteroatoms. The minimum atomic E-state index is -1.22. The van der Waals surface area contributed by atoms with E-state index < -0.39 is 29.7 Å². The van der Waals surface area contributed by atoms with Crippen molar-refractivity contribution in [3.8, 4) is 5.75 Å². The molecule has 2 aliphatic rings. The number of nitrogens with one attached hydrogen (secondary N) is 2. The molecule has 1 aromatic carbocycles. The molecule has 0 unspecified atom stereocenters.